The molecule has 98 valence electrons. The fourth-order valence-electron chi connectivity index (χ4n) is 1.90. The van der Waals surface area contributed by atoms with Crippen LogP contribution in [0.5, 0.6) is 0 Å². The van der Waals surface area contributed by atoms with Crippen molar-refractivity contribution in [2.75, 3.05) is 26.7 Å². The first kappa shape index (κ1) is 13.8. The third kappa shape index (κ3) is 3.33. The Bertz CT molecular complexity index is 300. The normalized spacial score (nSPS) is 19.4. The molecule has 1 fully saturated rings. The van der Waals surface area contributed by atoms with Crippen LogP contribution in [0.3, 0.4) is 0 Å². The molecule has 1 rings (SSSR count). The molecule has 6 nitrogen and oxygen atoms in total. The highest BCUT2D eigenvalue weighted by atomic mass is 16.4. The van der Waals surface area contributed by atoms with Gasteiger partial charge in [0.25, 0.3) is 0 Å². The van der Waals surface area contributed by atoms with E-state index in [1.54, 1.807) is 25.8 Å². The summed E-state index contributed by atoms with van der Waals surface area (Å²) >= 11 is 0. The Morgan fingerprint density at radius 2 is 1.94 bits per heavy atom. The predicted molar refractivity (Wildman–Crippen MR) is 61.6 cm³/mol. The molecule has 1 aliphatic heterocycles. The molecule has 2 unspecified atom stereocenters. The van der Waals surface area contributed by atoms with Gasteiger partial charge in [-0.1, -0.05) is 6.92 Å². The van der Waals surface area contributed by atoms with E-state index in [1.165, 1.54) is 4.90 Å². The summed E-state index contributed by atoms with van der Waals surface area (Å²) in [6.07, 6.45) is -0.557. The number of aliphatic hydroxyl groups excluding tert-OH is 1. The fraction of sp³-hybridized carbons (Fsp3) is 0.818. The van der Waals surface area contributed by atoms with E-state index in [1.807, 2.05) is 0 Å². The number of nitrogens with zero attached hydrogens (tertiary/aromatic N) is 2. The Labute approximate surface area is 101 Å². The van der Waals surface area contributed by atoms with Gasteiger partial charge in [0.05, 0.1) is 12.0 Å². The maximum atomic E-state index is 11.8. The third-order valence-corrected chi connectivity index (χ3v) is 3.14. The van der Waals surface area contributed by atoms with Crippen molar-refractivity contribution < 1.29 is 19.8 Å². The van der Waals surface area contributed by atoms with Crippen LogP contribution >= 0.6 is 0 Å². The number of urea groups is 1. The van der Waals surface area contributed by atoms with Crippen LogP contribution < -0.4 is 0 Å². The second-order valence-electron chi connectivity index (χ2n) is 4.80. The lowest BCUT2D eigenvalue weighted by atomic mass is 9.87. The van der Waals surface area contributed by atoms with Gasteiger partial charge in [0, 0.05) is 32.6 Å². The highest BCUT2D eigenvalue weighted by Gasteiger charge is 2.38. The number of carbonyl (C=O) groups is 2. The Kier molecular flexibility index (Phi) is 4.34. The van der Waals surface area contributed by atoms with Crippen LogP contribution in [0.25, 0.3) is 0 Å². The van der Waals surface area contributed by atoms with E-state index >= 15 is 0 Å². The zero-order valence-electron chi connectivity index (χ0n) is 10.5. The number of hydrogen-bond donors (Lipinski definition) is 2. The third-order valence-electron chi connectivity index (χ3n) is 3.14. The largest absolute Gasteiger partial charge is 0.481 e. The average Bonchev–Trinajstić information content (AvgIpc) is 2.13. The van der Waals surface area contributed by atoms with E-state index in [0.717, 1.165) is 0 Å². The minimum absolute atomic E-state index is 0.0383. The first-order chi connectivity index (χ1) is 7.82. The summed E-state index contributed by atoms with van der Waals surface area (Å²) in [5.74, 6) is -1.20. The van der Waals surface area contributed by atoms with E-state index in [2.05, 4.69) is 0 Å². The molecule has 1 saturated heterocycles. The molecular formula is C11H20N2O4. The number of amides is 2. The number of likely N-dealkylation sites (N-methyl/N-ethyl adjacent to an activating group) is 1. The van der Waals surface area contributed by atoms with Crippen LogP contribution in [0.15, 0.2) is 0 Å². The maximum Gasteiger partial charge on any atom is 0.319 e. The number of carbonyl (C=O) groups excluding carboxylic acids is 1. The van der Waals surface area contributed by atoms with Gasteiger partial charge >= 0.3 is 12.0 Å². The first-order valence-electron chi connectivity index (χ1n) is 5.73. The summed E-state index contributed by atoms with van der Waals surface area (Å²) in [7, 11) is 1.63. The molecule has 0 saturated carbocycles. The van der Waals surface area contributed by atoms with Gasteiger partial charge in [0.2, 0.25) is 0 Å². The first-order valence-corrected chi connectivity index (χ1v) is 5.73. The Morgan fingerprint density at radius 3 is 2.35 bits per heavy atom. The van der Waals surface area contributed by atoms with Gasteiger partial charge in [-0.05, 0) is 6.92 Å². The molecule has 2 amide bonds. The minimum atomic E-state index is -0.820. The van der Waals surface area contributed by atoms with Gasteiger partial charge in [-0.3, -0.25) is 4.79 Å². The number of carboxylic acids is 1. The van der Waals surface area contributed by atoms with Gasteiger partial charge in [0.15, 0.2) is 0 Å². The minimum Gasteiger partial charge on any atom is -0.481 e. The summed E-state index contributed by atoms with van der Waals surface area (Å²) in [6, 6.07) is -0.153. The van der Waals surface area contributed by atoms with Crippen molar-refractivity contribution in [1.82, 2.24) is 9.80 Å². The highest BCUT2D eigenvalue weighted by molar-refractivity contribution is 5.76. The molecule has 1 heterocycles. The van der Waals surface area contributed by atoms with Crippen LogP contribution in [0.4, 0.5) is 4.79 Å². The lowest BCUT2D eigenvalue weighted by Crippen LogP contribution is -2.57. The van der Waals surface area contributed by atoms with Crippen LogP contribution in [-0.4, -0.2) is 64.8 Å². The van der Waals surface area contributed by atoms with E-state index < -0.39 is 18.0 Å². The number of aliphatic hydroxyl groups is 1. The SMILES string of the molecule is CC(O)CN(C)C(=O)N1CC(C(C)C(=O)O)C1. The number of hydrogen-bond acceptors (Lipinski definition) is 3. The van der Waals surface area contributed by atoms with E-state index in [4.69, 9.17) is 10.2 Å². The van der Waals surface area contributed by atoms with Crippen molar-refractivity contribution in [2.45, 2.75) is 20.0 Å². The molecule has 17 heavy (non-hydrogen) atoms. The Balaban J connectivity index is 2.37. The molecule has 0 aromatic heterocycles. The van der Waals surface area contributed by atoms with Gasteiger partial charge in [0.1, 0.15) is 0 Å². The van der Waals surface area contributed by atoms with Gasteiger partial charge in [-0.2, -0.15) is 0 Å². The molecule has 0 spiro atoms. The van der Waals surface area contributed by atoms with Crippen LogP contribution in [-0.2, 0) is 4.79 Å². The molecule has 0 aliphatic carbocycles. The molecule has 0 aromatic carbocycles. The van der Waals surface area contributed by atoms with Gasteiger partial charge in [-0.15, -0.1) is 0 Å². The lowest BCUT2D eigenvalue weighted by Gasteiger charge is -2.42. The fourth-order valence-corrected chi connectivity index (χ4v) is 1.90. The molecular weight excluding hydrogens is 224 g/mol. The Hall–Kier alpha value is -1.30. The van der Waals surface area contributed by atoms with Crippen LogP contribution in [0.2, 0.25) is 0 Å². The highest BCUT2D eigenvalue weighted by Crippen LogP contribution is 2.24. The monoisotopic (exact) mass is 244 g/mol. The van der Waals surface area contributed by atoms with Crippen molar-refractivity contribution >= 4 is 12.0 Å². The smallest absolute Gasteiger partial charge is 0.319 e. The average molecular weight is 244 g/mol. The molecule has 2 atom stereocenters. The number of aliphatic carboxylic acids is 1. The summed E-state index contributed by atoms with van der Waals surface area (Å²) < 4.78 is 0. The predicted octanol–water partition coefficient (Wildman–Crippen LogP) is 0.0715. The van der Waals surface area contributed by atoms with E-state index in [0.29, 0.717) is 13.1 Å². The molecule has 0 radical (unpaired) electrons. The second kappa shape index (κ2) is 5.35. The Morgan fingerprint density at radius 1 is 1.41 bits per heavy atom. The standard InChI is InChI=1S/C11H20N2O4/c1-7(14)4-12(3)11(17)13-5-9(6-13)8(2)10(15)16/h7-9,14H,4-6H2,1-3H3,(H,15,16). The zero-order chi connectivity index (χ0) is 13.2. The van der Waals surface area contributed by atoms with Gasteiger partial charge < -0.3 is 20.0 Å². The molecule has 6 heteroatoms. The maximum absolute atomic E-state index is 11.8. The lowest BCUT2D eigenvalue weighted by molar-refractivity contribution is -0.144. The molecule has 2 N–H and O–H groups in total. The summed E-state index contributed by atoms with van der Waals surface area (Å²) in [4.78, 5) is 25.6. The summed E-state index contributed by atoms with van der Waals surface area (Å²) in [5.41, 5.74) is 0. The van der Waals surface area contributed by atoms with Crippen molar-refractivity contribution in [3.05, 3.63) is 0 Å². The molecule has 1 aliphatic rings. The van der Waals surface area contributed by atoms with E-state index in [-0.39, 0.29) is 18.5 Å². The van der Waals surface area contributed by atoms with Crippen LogP contribution in [0.1, 0.15) is 13.8 Å². The van der Waals surface area contributed by atoms with E-state index in [9.17, 15) is 9.59 Å². The topological polar surface area (TPSA) is 81.1 Å². The number of rotatable bonds is 4. The van der Waals surface area contributed by atoms with Crippen molar-refractivity contribution in [3.63, 3.8) is 0 Å². The summed E-state index contributed by atoms with van der Waals surface area (Å²) in [6.45, 7) is 4.53. The molecule has 0 aromatic rings. The van der Waals surface area contributed by atoms with Crippen molar-refractivity contribution in [2.24, 2.45) is 11.8 Å². The number of carboxylic acid groups (broad SMARTS) is 1. The second-order valence-corrected chi connectivity index (χ2v) is 4.80. The zero-order valence-corrected chi connectivity index (χ0v) is 10.5. The quantitative estimate of drug-likeness (QED) is 0.733. The van der Waals surface area contributed by atoms with Crippen LogP contribution in [0, 0.1) is 11.8 Å². The van der Waals surface area contributed by atoms with Crippen molar-refractivity contribution in [3.8, 4) is 0 Å². The number of likely N-dealkylation sites (tertiary alicyclic amines) is 1. The van der Waals surface area contributed by atoms with Gasteiger partial charge in [-0.25, -0.2) is 4.79 Å². The summed E-state index contributed by atoms with van der Waals surface area (Å²) in [5, 5.41) is 18.0. The molecule has 0 bridgehead atoms. The van der Waals surface area contributed by atoms with Crippen molar-refractivity contribution in [1.29, 1.82) is 0 Å².